The Bertz CT molecular complexity index is 590. The Morgan fingerprint density at radius 3 is 2.59 bits per heavy atom. The topological polar surface area (TPSA) is 55.1 Å². The maximum atomic E-state index is 11.5. The largest absolute Gasteiger partial charge is 0.390 e. The van der Waals surface area contributed by atoms with Crippen molar-refractivity contribution in [1.82, 2.24) is 9.78 Å². The van der Waals surface area contributed by atoms with E-state index >= 15 is 0 Å². The number of nitrogens with zero attached hydrogens (tertiary/aromatic N) is 2. The Hall–Kier alpha value is -1.46. The summed E-state index contributed by atoms with van der Waals surface area (Å²) in [6, 6.07) is 9.03. The van der Waals surface area contributed by atoms with E-state index in [1.807, 2.05) is 24.3 Å². The van der Waals surface area contributed by atoms with E-state index < -0.39 is 0 Å². The van der Waals surface area contributed by atoms with Crippen LogP contribution in [0.3, 0.4) is 0 Å². The van der Waals surface area contributed by atoms with Crippen molar-refractivity contribution < 1.29 is 5.11 Å². The second-order valence-electron chi connectivity index (χ2n) is 3.64. The van der Waals surface area contributed by atoms with E-state index in [9.17, 15) is 4.79 Å². The minimum atomic E-state index is -0.352. The molecule has 1 aromatic carbocycles. The summed E-state index contributed by atoms with van der Waals surface area (Å²) in [5.74, 6) is 0. The molecule has 5 heteroatoms. The summed E-state index contributed by atoms with van der Waals surface area (Å²) in [7, 11) is 0. The Kier molecular flexibility index (Phi) is 3.40. The van der Waals surface area contributed by atoms with Crippen LogP contribution in [0.4, 0.5) is 0 Å². The molecule has 0 fully saturated rings. The lowest BCUT2D eigenvalue weighted by Gasteiger charge is -2.10. The molecule has 0 atom stereocenters. The zero-order valence-electron chi connectivity index (χ0n) is 9.22. The minimum absolute atomic E-state index is 0.151. The van der Waals surface area contributed by atoms with E-state index in [1.165, 1.54) is 6.07 Å². The van der Waals surface area contributed by atoms with Crippen LogP contribution in [0.25, 0.3) is 5.69 Å². The summed E-state index contributed by atoms with van der Waals surface area (Å²) >= 11 is 3.36. The van der Waals surface area contributed by atoms with Gasteiger partial charge in [0.1, 0.15) is 5.69 Å². The van der Waals surface area contributed by atoms with Crippen molar-refractivity contribution in [2.75, 3.05) is 0 Å². The molecule has 2 rings (SSSR count). The molecule has 0 bridgehead atoms. The standard InChI is InChI=1S/C12H11BrN2O2/c1-8-6-12(17)11(7-16)14-15(8)10-4-2-9(13)3-5-10/h2-6,16H,7H2,1H3. The Morgan fingerprint density at radius 2 is 2.00 bits per heavy atom. The zero-order valence-corrected chi connectivity index (χ0v) is 10.8. The third kappa shape index (κ3) is 2.45. The predicted molar refractivity (Wildman–Crippen MR) is 68.2 cm³/mol. The van der Waals surface area contributed by atoms with Gasteiger partial charge in [-0.1, -0.05) is 15.9 Å². The Balaban J connectivity index is 2.59. The Morgan fingerprint density at radius 1 is 1.35 bits per heavy atom. The van der Waals surface area contributed by atoms with Crippen LogP contribution in [0, 0.1) is 6.92 Å². The quantitative estimate of drug-likeness (QED) is 0.919. The van der Waals surface area contributed by atoms with Gasteiger partial charge >= 0.3 is 0 Å². The molecular formula is C12H11BrN2O2. The fourth-order valence-electron chi connectivity index (χ4n) is 1.54. The van der Waals surface area contributed by atoms with Crippen LogP contribution < -0.4 is 5.43 Å². The van der Waals surface area contributed by atoms with Crippen LogP contribution in [0.5, 0.6) is 0 Å². The molecule has 0 aliphatic heterocycles. The van der Waals surface area contributed by atoms with Crippen molar-refractivity contribution >= 4 is 15.9 Å². The molecule has 2 aromatic rings. The van der Waals surface area contributed by atoms with Crippen LogP contribution >= 0.6 is 15.9 Å². The number of aliphatic hydroxyl groups excluding tert-OH is 1. The van der Waals surface area contributed by atoms with Crippen molar-refractivity contribution in [3.8, 4) is 5.69 Å². The van der Waals surface area contributed by atoms with Gasteiger partial charge in [-0.05, 0) is 31.2 Å². The van der Waals surface area contributed by atoms with Gasteiger partial charge in [0, 0.05) is 16.2 Å². The van der Waals surface area contributed by atoms with Gasteiger partial charge in [0.25, 0.3) is 0 Å². The number of hydrogen-bond acceptors (Lipinski definition) is 3. The first kappa shape index (κ1) is 12.0. The first-order valence-electron chi connectivity index (χ1n) is 5.08. The van der Waals surface area contributed by atoms with Crippen molar-refractivity contribution in [3.05, 3.63) is 56.4 Å². The molecule has 1 heterocycles. The molecule has 0 radical (unpaired) electrons. The van der Waals surface area contributed by atoms with Crippen LogP contribution in [-0.4, -0.2) is 14.9 Å². The highest BCUT2D eigenvalue weighted by Gasteiger charge is 2.06. The maximum absolute atomic E-state index is 11.5. The molecule has 0 spiro atoms. The highest BCUT2D eigenvalue weighted by atomic mass is 79.9. The van der Waals surface area contributed by atoms with Crippen molar-refractivity contribution in [2.45, 2.75) is 13.5 Å². The van der Waals surface area contributed by atoms with E-state index in [0.29, 0.717) is 0 Å². The predicted octanol–water partition coefficient (Wildman–Crippen LogP) is 1.80. The van der Waals surface area contributed by atoms with E-state index in [-0.39, 0.29) is 17.7 Å². The van der Waals surface area contributed by atoms with Gasteiger partial charge in [0.05, 0.1) is 12.3 Å². The third-order valence-electron chi connectivity index (χ3n) is 2.40. The summed E-state index contributed by atoms with van der Waals surface area (Å²) in [6.45, 7) is 1.45. The fourth-order valence-corrected chi connectivity index (χ4v) is 1.80. The van der Waals surface area contributed by atoms with Crippen LogP contribution in [-0.2, 0) is 6.61 Å². The van der Waals surface area contributed by atoms with Gasteiger partial charge in [0.15, 0.2) is 0 Å². The number of aliphatic hydroxyl groups is 1. The molecule has 1 aromatic heterocycles. The van der Waals surface area contributed by atoms with Gasteiger partial charge in [0.2, 0.25) is 5.43 Å². The molecule has 0 unspecified atom stereocenters. The molecule has 17 heavy (non-hydrogen) atoms. The number of aryl methyl sites for hydroxylation is 1. The summed E-state index contributed by atoms with van der Waals surface area (Å²) in [6.07, 6.45) is 0. The summed E-state index contributed by atoms with van der Waals surface area (Å²) in [4.78, 5) is 11.5. The van der Waals surface area contributed by atoms with Gasteiger partial charge in [-0.3, -0.25) is 4.79 Å². The lowest BCUT2D eigenvalue weighted by atomic mass is 10.3. The average Bonchev–Trinajstić information content (AvgIpc) is 2.31. The van der Waals surface area contributed by atoms with Gasteiger partial charge < -0.3 is 5.11 Å². The number of benzene rings is 1. The SMILES string of the molecule is Cc1cc(=O)c(CO)nn1-c1ccc(Br)cc1. The molecule has 4 nitrogen and oxygen atoms in total. The van der Waals surface area contributed by atoms with E-state index in [0.717, 1.165) is 15.9 Å². The van der Waals surface area contributed by atoms with E-state index in [4.69, 9.17) is 5.11 Å². The van der Waals surface area contributed by atoms with Gasteiger partial charge in [-0.2, -0.15) is 5.10 Å². The third-order valence-corrected chi connectivity index (χ3v) is 2.93. The zero-order chi connectivity index (χ0) is 12.4. The lowest BCUT2D eigenvalue weighted by molar-refractivity contribution is 0.273. The maximum Gasteiger partial charge on any atom is 0.206 e. The average molecular weight is 295 g/mol. The molecule has 1 N–H and O–H groups in total. The van der Waals surface area contributed by atoms with Crippen molar-refractivity contribution in [2.24, 2.45) is 0 Å². The first-order chi connectivity index (χ1) is 8.11. The first-order valence-corrected chi connectivity index (χ1v) is 5.88. The molecule has 0 aliphatic carbocycles. The number of hydrogen-bond donors (Lipinski definition) is 1. The molecule has 0 saturated heterocycles. The highest BCUT2D eigenvalue weighted by molar-refractivity contribution is 9.10. The van der Waals surface area contributed by atoms with Crippen LogP contribution in [0.1, 0.15) is 11.4 Å². The monoisotopic (exact) mass is 294 g/mol. The molecule has 88 valence electrons. The molecule has 0 amide bonds. The summed E-state index contributed by atoms with van der Waals surface area (Å²) < 4.78 is 2.61. The smallest absolute Gasteiger partial charge is 0.206 e. The van der Waals surface area contributed by atoms with Gasteiger partial charge in [-0.25, -0.2) is 4.68 Å². The fraction of sp³-hybridized carbons (Fsp3) is 0.167. The summed E-state index contributed by atoms with van der Waals surface area (Å²) in [5.41, 5.74) is 1.49. The van der Waals surface area contributed by atoms with Crippen molar-refractivity contribution in [1.29, 1.82) is 0 Å². The molecule has 0 aliphatic rings. The minimum Gasteiger partial charge on any atom is -0.390 e. The van der Waals surface area contributed by atoms with Crippen LogP contribution in [0.15, 0.2) is 39.6 Å². The summed E-state index contributed by atoms with van der Waals surface area (Å²) in [5, 5.41) is 13.2. The van der Waals surface area contributed by atoms with Crippen LogP contribution in [0.2, 0.25) is 0 Å². The number of aromatic nitrogens is 2. The van der Waals surface area contributed by atoms with Gasteiger partial charge in [-0.15, -0.1) is 0 Å². The highest BCUT2D eigenvalue weighted by Crippen LogP contribution is 2.14. The number of halogens is 1. The number of rotatable bonds is 2. The normalized spacial score (nSPS) is 10.5. The second-order valence-corrected chi connectivity index (χ2v) is 4.56. The van der Waals surface area contributed by atoms with E-state index in [2.05, 4.69) is 21.0 Å². The lowest BCUT2D eigenvalue weighted by Crippen LogP contribution is -2.18. The second kappa shape index (κ2) is 4.81. The Labute approximate surface area is 107 Å². The molecule has 0 saturated carbocycles. The molecular weight excluding hydrogens is 284 g/mol. The van der Waals surface area contributed by atoms with E-state index in [1.54, 1.807) is 11.6 Å². The van der Waals surface area contributed by atoms with Crippen molar-refractivity contribution in [3.63, 3.8) is 0 Å².